The van der Waals surface area contributed by atoms with Gasteiger partial charge in [0.1, 0.15) is 0 Å². The van der Waals surface area contributed by atoms with Gasteiger partial charge in [-0.15, -0.1) is 6.58 Å². The van der Waals surface area contributed by atoms with Crippen molar-refractivity contribution >= 4 is 17.3 Å². The first-order chi connectivity index (χ1) is 6.65. The Balaban J connectivity index is 3.01. The van der Waals surface area contributed by atoms with E-state index >= 15 is 0 Å². The number of nitrogen functional groups attached to an aromatic ring is 1. The van der Waals surface area contributed by atoms with Gasteiger partial charge in [-0.1, -0.05) is 6.08 Å². The van der Waals surface area contributed by atoms with Gasteiger partial charge < -0.3 is 16.8 Å². The molecule has 1 aromatic carbocycles. The quantitative estimate of drug-likeness (QED) is 0.490. The third-order valence-electron chi connectivity index (χ3n) is 1.75. The second-order valence-corrected chi connectivity index (χ2v) is 2.84. The van der Waals surface area contributed by atoms with Gasteiger partial charge in [-0.05, 0) is 18.2 Å². The van der Waals surface area contributed by atoms with E-state index in [2.05, 4.69) is 11.9 Å². The van der Waals surface area contributed by atoms with Gasteiger partial charge >= 0.3 is 0 Å². The summed E-state index contributed by atoms with van der Waals surface area (Å²) in [6, 6.07) is 4.98. The second kappa shape index (κ2) is 4.32. The number of amides is 1. The summed E-state index contributed by atoms with van der Waals surface area (Å²) >= 11 is 0. The molecule has 0 aliphatic carbocycles. The Kier molecular flexibility index (Phi) is 3.12. The van der Waals surface area contributed by atoms with Crippen molar-refractivity contribution in [2.24, 2.45) is 5.73 Å². The first-order valence-corrected chi connectivity index (χ1v) is 4.19. The molecule has 0 bridgehead atoms. The number of nitrogens with two attached hydrogens (primary N) is 2. The third-order valence-corrected chi connectivity index (χ3v) is 1.75. The zero-order valence-electron chi connectivity index (χ0n) is 7.79. The van der Waals surface area contributed by atoms with Gasteiger partial charge in [0.15, 0.2) is 0 Å². The summed E-state index contributed by atoms with van der Waals surface area (Å²) in [4.78, 5) is 11.0. The minimum absolute atomic E-state index is 0.395. The monoisotopic (exact) mass is 191 g/mol. The van der Waals surface area contributed by atoms with Gasteiger partial charge in [0, 0.05) is 17.9 Å². The summed E-state index contributed by atoms with van der Waals surface area (Å²) in [7, 11) is 0. The van der Waals surface area contributed by atoms with E-state index in [4.69, 9.17) is 11.5 Å². The fraction of sp³-hybridized carbons (Fsp3) is 0.100. The maximum absolute atomic E-state index is 11.0. The van der Waals surface area contributed by atoms with Crippen LogP contribution in [0, 0.1) is 0 Å². The molecule has 1 rings (SSSR count). The van der Waals surface area contributed by atoms with E-state index in [1.165, 1.54) is 0 Å². The van der Waals surface area contributed by atoms with E-state index in [1.807, 2.05) is 0 Å². The van der Waals surface area contributed by atoms with Crippen molar-refractivity contribution in [3.63, 3.8) is 0 Å². The Labute approximate surface area is 82.6 Å². The number of nitrogens with one attached hydrogen (secondary N) is 1. The highest BCUT2D eigenvalue weighted by Crippen LogP contribution is 2.17. The molecule has 1 amide bonds. The van der Waals surface area contributed by atoms with Gasteiger partial charge in [0.25, 0.3) is 5.91 Å². The Morgan fingerprint density at radius 3 is 2.86 bits per heavy atom. The van der Waals surface area contributed by atoms with Crippen molar-refractivity contribution in [3.8, 4) is 0 Å². The minimum Gasteiger partial charge on any atom is -0.399 e. The van der Waals surface area contributed by atoms with Gasteiger partial charge in [0.2, 0.25) is 0 Å². The van der Waals surface area contributed by atoms with Crippen LogP contribution in [0.3, 0.4) is 0 Å². The summed E-state index contributed by atoms with van der Waals surface area (Å²) in [5.74, 6) is -0.496. The summed E-state index contributed by atoms with van der Waals surface area (Å²) in [5, 5.41) is 3.00. The number of hydrogen-bond donors (Lipinski definition) is 3. The lowest BCUT2D eigenvalue weighted by atomic mass is 10.1. The van der Waals surface area contributed by atoms with Crippen LogP contribution >= 0.6 is 0 Å². The van der Waals surface area contributed by atoms with Crippen LogP contribution in [0.15, 0.2) is 30.9 Å². The fourth-order valence-corrected chi connectivity index (χ4v) is 1.10. The van der Waals surface area contributed by atoms with Crippen LogP contribution < -0.4 is 16.8 Å². The average Bonchev–Trinajstić information content (AvgIpc) is 2.15. The zero-order chi connectivity index (χ0) is 10.6. The van der Waals surface area contributed by atoms with Crippen molar-refractivity contribution in [2.75, 3.05) is 17.6 Å². The summed E-state index contributed by atoms with van der Waals surface area (Å²) in [5.41, 5.74) is 12.3. The van der Waals surface area contributed by atoms with Crippen molar-refractivity contribution < 1.29 is 4.79 Å². The molecule has 0 spiro atoms. The van der Waals surface area contributed by atoms with E-state index < -0.39 is 5.91 Å². The Bertz CT molecular complexity index is 360. The number of benzene rings is 1. The molecular formula is C10H13N3O. The lowest BCUT2D eigenvalue weighted by Gasteiger charge is -2.08. The topological polar surface area (TPSA) is 81.1 Å². The number of hydrogen-bond acceptors (Lipinski definition) is 3. The molecule has 0 saturated carbocycles. The smallest absolute Gasteiger partial charge is 0.250 e. The van der Waals surface area contributed by atoms with Gasteiger partial charge in [-0.3, -0.25) is 4.79 Å². The minimum atomic E-state index is -0.496. The van der Waals surface area contributed by atoms with E-state index in [0.717, 1.165) is 0 Å². The van der Waals surface area contributed by atoms with Crippen molar-refractivity contribution in [1.29, 1.82) is 0 Å². The predicted octanol–water partition coefficient (Wildman–Crippen LogP) is 0.966. The van der Waals surface area contributed by atoms with E-state index in [0.29, 0.717) is 23.5 Å². The molecule has 0 atom stereocenters. The molecule has 0 unspecified atom stereocenters. The molecule has 0 aliphatic rings. The highest BCUT2D eigenvalue weighted by molar-refractivity contribution is 5.99. The number of anilines is 2. The lowest BCUT2D eigenvalue weighted by molar-refractivity contribution is 0.100. The van der Waals surface area contributed by atoms with Gasteiger partial charge in [-0.2, -0.15) is 0 Å². The van der Waals surface area contributed by atoms with Gasteiger partial charge in [-0.25, -0.2) is 0 Å². The molecule has 74 valence electrons. The summed E-state index contributed by atoms with van der Waals surface area (Å²) in [6.07, 6.45) is 1.70. The number of carbonyl (C=O) groups is 1. The van der Waals surface area contributed by atoms with Gasteiger partial charge in [0.05, 0.1) is 5.56 Å². The van der Waals surface area contributed by atoms with Crippen LogP contribution in [0.2, 0.25) is 0 Å². The SMILES string of the molecule is C=CCNc1ccc(N)cc1C(N)=O. The normalized spacial score (nSPS) is 9.43. The molecule has 0 aromatic heterocycles. The molecule has 0 radical (unpaired) electrons. The standard InChI is InChI=1S/C10H13N3O/c1-2-5-13-9-4-3-7(11)6-8(9)10(12)14/h2-4,6,13H,1,5,11H2,(H2,12,14). The first-order valence-electron chi connectivity index (χ1n) is 4.19. The van der Waals surface area contributed by atoms with Crippen LogP contribution in [0.4, 0.5) is 11.4 Å². The Morgan fingerprint density at radius 2 is 2.29 bits per heavy atom. The molecule has 14 heavy (non-hydrogen) atoms. The molecule has 1 aromatic rings. The molecule has 5 N–H and O–H groups in total. The Morgan fingerprint density at radius 1 is 1.57 bits per heavy atom. The maximum atomic E-state index is 11.0. The highest BCUT2D eigenvalue weighted by Gasteiger charge is 2.07. The predicted molar refractivity (Wildman–Crippen MR) is 58.1 cm³/mol. The molecule has 4 heteroatoms. The molecule has 0 aliphatic heterocycles. The second-order valence-electron chi connectivity index (χ2n) is 2.84. The fourth-order valence-electron chi connectivity index (χ4n) is 1.10. The van der Waals surface area contributed by atoms with Crippen LogP contribution in [-0.2, 0) is 0 Å². The average molecular weight is 191 g/mol. The van der Waals surface area contributed by atoms with E-state index in [-0.39, 0.29) is 0 Å². The molecule has 0 heterocycles. The Hall–Kier alpha value is -1.97. The van der Waals surface area contributed by atoms with Crippen LogP contribution in [0.1, 0.15) is 10.4 Å². The maximum Gasteiger partial charge on any atom is 0.250 e. The number of carbonyl (C=O) groups excluding carboxylic acids is 1. The summed E-state index contributed by atoms with van der Waals surface area (Å²) in [6.45, 7) is 4.14. The van der Waals surface area contributed by atoms with E-state index in [9.17, 15) is 4.79 Å². The molecule has 0 fully saturated rings. The highest BCUT2D eigenvalue weighted by atomic mass is 16.1. The van der Waals surface area contributed by atoms with Crippen LogP contribution in [0.5, 0.6) is 0 Å². The number of primary amides is 1. The first kappa shape index (κ1) is 10.1. The third kappa shape index (κ3) is 2.26. The lowest BCUT2D eigenvalue weighted by Crippen LogP contribution is -2.14. The molecular weight excluding hydrogens is 178 g/mol. The van der Waals surface area contributed by atoms with Crippen molar-refractivity contribution in [1.82, 2.24) is 0 Å². The van der Waals surface area contributed by atoms with Crippen molar-refractivity contribution in [2.45, 2.75) is 0 Å². The van der Waals surface area contributed by atoms with E-state index in [1.54, 1.807) is 24.3 Å². The molecule has 4 nitrogen and oxygen atoms in total. The summed E-state index contributed by atoms with van der Waals surface area (Å²) < 4.78 is 0. The number of rotatable bonds is 4. The largest absolute Gasteiger partial charge is 0.399 e. The van der Waals surface area contributed by atoms with Crippen LogP contribution in [-0.4, -0.2) is 12.5 Å². The zero-order valence-corrected chi connectivity index (χ0v) is 7.79. The van der Waals surface area contributed by atoms with Crippen molar-refractivity contribution in [3.05, 3.63) is 36.4 Å². The molecule has 0 saturated heterocycles. The van der Waals surface area contributed by atoms with Crippen LogP contribution in [0.25, 0.3) is 0 Å².